The lowest BCUT2D eigenvalue weighted by Gasteiger charge is -2.02. The number of aromatic hydroxyl groups is 1. The van der Waals surface area contributed by atoms with Crippen molar-refractivity contribution >= 4 is 11.3 Å². The van der Waals surface area contributed by atoms with Gasteiger partial charge in [-0.1, -0.05) is 13.8 Å². The van der Waals surface area contributed by atoms with Crippen LogP contribution in [0, 0.1) is 0 Å². The second-order valence-corrected chi connectivity index (χ2v) is 4.86. The molecule has 17 heavy (non-hydrogen) atoms. The summed E-state index contributed by atoms with van der Waals surface area (Å²) in [4.78, 5) is 20.5. The van der Waals surface area contributed by atoms with Crippen LogP contribution in [-0.2, 0) is 12.8 Å². The van der Waals surface area contributed by atoms with E-state index in [1.165, 1.54) is 4.88 Å². The highest BCUT2D eigenvalue weighted by Gasteiger charge is 2.11. The van der Waals surface area contributed by atoms with Crippen molar-refractivity contribution in [2.75, 3.05) is 0 Å². The van der Waals surface area contributed by atoms with Gasteiger partial charge in [-0.3, -0.25) is 4.79 Å². The molecule has 0 atom stereocenters. The van der Waals surface area contributed by atoms with E-state index in [2.05, 4.69) is 16.9 Å². The summed E-state index contributed by atoms with van der Waals surface area (Å²) in [6.45, 7) is 3.88. The lowest BCUT2D eigenvalue weighted by Crippen LogP contribution is -2.14. The van der Waals surface area contributed by atoms with Gasteiger partial charge in [0.25, 0.3) is 5.56 Å². The van der Waals surface area contributed by atoms with E-state index < -0.39 is 0 Å². The average molecular weight is 250 g/mol. The zero-order valence-electron chi connectivity index (χ0n) is 9.78. The quantitative estimate of drug-likeness (QED) is 0.878. The average Bonchev–Trinajstić information content (AvgIpc) is 2.77. The third-order valence-corrected chi connectivity index (χ3v) is 3.83. The predicted octanol–water partition coefficient (Wildman–Crippen LogP) is 2.33. The molecule has 2 aromatic heterocycles. The maximum absolute atomic E-state index is 11.7. The second-order valence-electron chi connectivity index (χ2n) is 3.69. The molecule has 0 aromatic carbocycles. The van der Waals surface area contributed by atoms with Gasteiger partial charge in [-0.05, 0) is 25.0 Å². The molecule has 0 bridgehead atoms. The van der Waals surface area contributed by atoms with E-state index in [1.54, 1.807) is 11.3 Å². The SMILES string of the molecule is CCc1ccc(-c2nc(O)c(CC)c(=O)[nH]2)s1. The lowest BCUT2D eigenvalue weighted by molar-refractivity contribution is 0.444. The Bertz CT molecular complexity index is 586. The van der Waals surface area contributed by atoms with Crippen LogP contribution in [0.3, 0.4) is 0 Å². The molecule has 0 saturated heterocycles. The minimum absolute atomic E-state index is 0.169. The van der Waals surface area contributed by atoms with E-state index in [0.29, 0.717) is 17.8 Å². The van der Waals surface area contributed by atoms with Crippen LogP contribution in [0.1, 0.15) is 24.3 Å². The van der Waals surface area contributed by atoms with Gasteiger partial charge in [-0.25, -0.2) is 0 Å². The summed E-state index contributed by atoms with van der Waals surface area (Å²) >= 11 is 1.57. The number of thiophene rings is 1. The standard InChI is InChI=1S/C12H14N2O2S/c1-3-7-5-6-9(17-7)10-13-11(15)8(4-2)12(16)14-10/h5-6H,3-4H2,1-2H3,(H2,13,14,15,16). The normalized spacial score (nSPS) is 10.7. The topological polar surface area (TPSA) is 66.0 Å². The molecule has 0 fully saturated rings. The molecule has 2 aromatic rings. The van der Waals surface area contributed by atoms with E-state index in [9.17, 15) is 9.90 Å². The first-order valence-electron chi connectivity index (χ1n) is 5.57. The minimum atomic E-state index is -0.263. The molecule has 0 spiro atoms. The van der Waals surface area contributed by atoms with Crippen LogP contribution in [0.15, 0.2) is 16.9 Å². The third kappa shape index (κ3) is 2.24. The highest BCUT2D eigenvalue weighted by atomic mass is 32.1. The Balaban J connectivity index is 2.50. The Labute approximate surface area is 103 Å². The largest absolute Gasteiger partial charge is 0.493 e. The molecule has 4 nitrogen and oxygen atoms in total. The van der Waals surface area contributed by atoms with Crippen LogP contribution in [-0.4, -0.2) is 15.1 Å². The molecule has 90 valence electrons. The van der Waals surface area contributed by atoms with Crippen LogP contribution < -0.4 is 5.56 Å². The summed E-state index contributed by atoms with van der Waals surface area (Å²) in [5, 5.41) is 9.67. The van der Waals surface area contributed by atoms with Crippen molar-refractivity contribution < 1.29 is 5.11 Å². The summed E-state index contributed by atoms with van der Waals surface area (Å²) in [5.41, 5.74) is 0.0717. The minimum Gasteiger partial charge on any atom is -0.493 e. The van der Waals surface area contributed by atoms with Crippen molar-refractivity contribution in [3.05, 3.63) is 32.9 Å². The van der Waals surface area contributed by atoms with Gasteiger partial charge in [0.2, 0.25) is 5.88 Å². The van der Waals surface area contributed by atoms with Crippen molar-refractivity contribution in [2.24, 2.45) is 0 Å². The molecule has 2 heterocycles. The summed E-state index contributed by atoms with van der Waals surface area (Å²) in [5.74, 6) is 0.270. The van der Waals surface area contributed by atoms with Crippen LogP contribution in [0.2, 0.25) is 0 Å². The van der Waals surface area contributed by atoms with E-state index in [0.717, 1.165) is 11.3 Å². The smallest absolute Gasteiger partial charge is 0.258 e. The fraction of sp³-hybridized carbons (Fsp3) is 0.333. The maximum Gasteiger partial charge on any atom is 0.258 e. The molecule has 5 heteroatoms. The van der Waals surface area contributed by atoms with Crippen molar-refractivity contribution in [1.29, 1.82) is 0 Å². The predicted molar refractivity (Wildman–Crippen MR) is 68.6 cm³/mol. The van der Waals surface area contributed by atoms with Gasteiger partial charge >= 0.3 is 0 Å². The van der Waals surface area contributed by atoms with Gasteiger partial charge in [0.05, 0.1) is 10.4 Å². The van der Waals surface area contributed by atoms with Gasteiger partial charge in [0, 0.05) is 4.88 Å². The number of nitrogens with zero attached hydrogens (tertiary/aromatic N) is 1. The van der Waals surface area contributed by atoms with E-state index in [4.69, 9.17) is 0 Å². The Hall–Kier alpha value is -1.62. The van der Waals surface area contributed by atoms with Gasteiger partial charge in [0.15, 0.2) is 5.82 Å². The molecule has 0 amide bonds. The molecule has 2 rings (SSSR count). The maximum atomic E-state index is 11.7. The van der Waals surface area contributed by atoms with Crippen LogP contribution in [0.4, 0.5) is 0 Å². The Morgan fingerprint density at radius 2 is 2.12 bits per heavy atom. The lowest BCUT2D eigenvalue weighted by atomic mass is 10.2. The molecular formula is C12H14N2O2S. The fourth-order valence-corrected chi connectivity index (χ4v) is 2.51. The summed E-state index contributed by atoms with van der Waals surface area (Å²) < 4.78 is 0. The van der Waals surface area contributed by atoms with E-state index in [1.807, 2.05) is 19.1 Å². The van der Waals surface area contributed by atoms with Gasteiger partial charge in [-0.15, -0.1) is 11.3 Å². The zero-order chi connectivity index (χ0) is 12.4. The van der Waals surface area contributed by atoms with Crippen molar-refractivity contribution in [3.63, 3.8) is 0 Å². The highest BCUT2D eigenvalue weighted by Crippen LogP contribution is 2.26. The van der Waals surface area contributed by atoms with Crippen molar-refractivity contribution in [3.8, 4) is 16.6 Å². The Morgan fingerprint density at radius 1 is 1.35 bits per heavy atom. The molecule has 0 aliphatic heterocycles. The number of hydrogen-bond donors (Lipinski definition) is 2. The first kappa shape index (κ1) is 11.9. The van der Waals surface area contributed by atoms with Crippen LogP contribution in [0.5, 0.6) is 5.88 Å². The second kappa shape index (κ2) is 4.71. The Kier molecular flexibility index (Phi) is 3.28. The summed E-state index contributed by atoms with van der Waals surface area (Å²) in [7, 11) is 0. The molecule has 2 N–H and O–H groups in total. The highest BCUT2D eigenvalue weighted by molar-refractivity contribution is 7.15. The first-order valence-corrected chi connectivity index (χ1v) is 6.38. The van der Waals surface area contributed by atoms with E-state index in [-0.39, 0.29) is 11.4 Å². The number of H-pyrrole nitrogens is 1. The fourth-order valence-electron chi connectivity index (χ4n) is 1.62. The monoisotopic (exact) mass is 250 g/mol. The molecule has 0 unspecified atom stereocenters. The molecule has 0 radical (unpaired) electrons. The summed E-state index contributed by atoms with van der Waals surface area (Å²) in [6.07, 6.45) is 1.42. The molecule has 0 aliphatic rings. The summed E-state index contributed by atoms with van der Waals surface area (Å²) in [6, 6.07) is 3.91. The first-order chi connectivity index (χ1) is 8.15. The Morgan fingerprint density at radius 3 is 2.65 bits per heavy atom. The number of nitrogens with one attached hydrogen (secondary N) is 1. The number of aromatic nitrogens is 2. The third-order valence-electron chi connectivity index (χ3n) is 2.59. The van der Waals surface area contributed by atoms with Gasteiger partial charge in [0.1, 0.15) is 0 Å². The van der Waals surface area contributed by atoms with Crippen LogP contribution >= 0.6 is 11.3 Å². The van der Waals surface area contributed by atoms with Gasteiger partial charge < -0.3 is 10.1 Å². The molecular weight excluding hydrogens is 236 g/mol. The number of hydrogen-bond acceptors (Lipinski definition) is 4. The van der Waals surface area contributed by atoms with Crippen molar-refractivity contribution in [1.82, 2.24) is 9.97 Å². The van der Waals surface area contributed by atoms with Crippen LogP contribution in [0.25, 0.3) is 10.7 Å². The zero-order valence-corrected chi connectivity index (χ0v) is 10.6. The van der Waals surface area contributed by atoms with Crippen molar-refractivity contribution in [2.45, 2.75) is 26.7 Å². The van der Waals surface area contributed by atoms with Gasteiger partial charge in [-0.2, -0.15) is 4.98 Å². The molecule has 0 aliphatic carbocycles. The number of aromatic amines is 1. The number of aryl methyl sites for hydroxylation is 1. The molecule has 0 saturated carbocycles. The number of rotatable bonds is 3. The van der Waals surface area contributed by atoms with E-state index >= 15 is 0 Å².